The summed E-state index contributed by atoms with van der Waals surface area (Å²) in [6.45, 7) is 4.62. The summed E-state index contributed by atoms with van der Waals surface area (Å²) in [6.07, 6.45) is 6.44. The van der Waals surface area contributed by atoms with Crippen LogP contribution in [0.2, 0.25) is 0 Å². The quantitative estimate of drug-likeness (QED) is 0.406. The van der Waals surface area contributed by atoms with Crippen LogP contribution in [0.1, 0.15) is 25.0 Å². The Hall–Kier alpha value is -2.59. The normalized spacial score (nSPS) is 14.0. The Balaban J connectivity index is 0.000000540. The van der Waals surface area contributed by atoms with Gasteiger partial charge in [0.15, 0.2) is 0 Å². The molecule has 0 amide bonds. The molecule has 2 N–H and O–H groups in total. The standard InChI is InChI=1S/C20H20I.2CHNO/c1-16(2)19-15-20(13-14-21-19,17-9-5-3-6-10-17)18-11-7-4-8-12-18;2*2-1-3/h3-16H,1-2H3;2*2H/q-1;;. The number of nitrogens with one attached hydrogen (secondary N) is 2. The zero-order chi connectivity index (χ0) is 20.1. The molecule has 1 heterocycles. The summed E-state index contributed by atoms with van der Waals surface area (Å²) in [5.41, 5.74) is 2.61. The van der Waals surface area contributed by atoms with E-state index in [1.165, 1.54) is 11.1 Å². The van der Waals surface area contributed by atoms with Crippen molar-refractivity contribution in [2.75, 3.05) is 0 Å². The maximum atomic E-state index is 8.35. The Morgan fingerprint density at radius 2 is 1.26 bits per heavy atom. The van der Waals surface area contributed by atoms with Crippen molar-refractivity contribution in [3.63, 3.8) is 0 Å². The topological polar surface area (TPSA) is 81.8 Å². The first-order valence-electron chi connectivity index (χ1n) is 8.28. The van der Waals surface area contributed by atoms with Gasteiger partial charge in [-0.1, -0.05) is 0 Å². The molecule has 2 aromatic rings. The zero-order valence-electron chi connectivity index (χ0n) is 15.3. The van der Waals surface area contributed by atoms with E-state index >= 15 is 0 Å². The molecule has 5 heteroatoms. The number of hydrogen-bond donors (Lipinski definition) is 2. The van der Waals surface area contributed by atoms with Gasteiger partial charge >= 0.3 is 138 Å². The molecule has 0 unspecified atom stereocenters. The molecule has 27 heavy (non-hydrogen) atoms. The van der Waals surface area contributed by atoms with Gasteiger partial charge in [0, 0.05) is 0 Å². The van der Waals surface area contributed by atoms with E-state index in [9.17, 15) is 0 Å². The van der Waals surface area contributed by atoms with Crippen LogP contribution < -0.4 is 21.2 Å². The first-order chi connectivity index (χ1) is 13.1. The van der Waals surface area contributed by atoms with Crippen molar-refractivity contribution in [2.24, 2.45) is 5.92 Å². The van der Waals surface area contributed by atoms with Gasteiger partial charge in [-0.2, -0.15) is 0 Å². The summed E-state index contributed by atoms with van der Waals surface area (Å²) in [5, 5.41) is 10.8. The van der Waals surface area contributed by atoms with E-state index in [4.69, 9.17) is 20.4 Å². The first-order valence-corrected chi connectivity index (χ1v) is 10.6. The summed E-state index contributed by atoms with van der Waals surface area (Å²) in [7, 11) is 0. The summed E-state index contributed by atoms with van der Waals surface area (Å²) in [4.78, 5) is 16.7. The summed E-state index contributed by atoms with van der Waals surface area (Å²) in [5.74, 6) is 0.634. The van der Waals surface area contributed by atoms with Crippen LogP contribution >= 0.6 is 0 Å². The molecule has 0 radical (unpaired) electrons. The third kappa shape index (κ3) is 6.26. The van der Waals surface area contributed by atoms with E-state index in [-0.39, 0.29) is 26.6 Å². The van der Waals surface area contributed by atoms with Crippen molar-refractivity contribution >= 4 is 12.2 Å². The van der Waals surface area contributed by atoms with Crippen LogP contribution in [0.5, 0.6) is 0 Å². The number of allylic oxidation sites excluding steroid dienone is 3. The zero-order valence-corrected chi connectivity index (χ0v) is 17.4. The van der Waals surface area contributed by atoms with E-state index in [0.717, 1.165) is 12.2 Å². The number of benzene rings is 2. The van der Waals surface area contributed by atoms with Crippen molar-refractivity contribution in [3.05, 3.63) is 91.6 Å². The van der Waals surface area contributed by atoms with Crippen molar-refractivity contribution in [1.82, 2.24) is 0 Å². The number of carbonyl (C=O) groups excluding carboxylic acids is 2. The van der Waals surface area contributed by atoms with E-state index in [1.54, 1.807) is 3.58 Å². The average Bonchev–Trinajstić information content (AvgIpc) is 2.70. The Morgan fingerprint density at radius 1 is 0.852 bits per heavy atom. The van der Waals surface area contributed by atoms with Crippen LogP contribution in [0.4, 0.5) is 0 Å². The van der Waals surface area contributed by atoms with Gasteiger partial charge in [0.25, 0.3) is 0 Å². The molecule has 0 atom stereocenters. The predicted octanol–water partition coefficient (Wildman–Crippen LogP) is 1.93. The molecule has 0 aliphatic carbocycles. The maximum absolute atomic E-state index is 8.35. The van der Waals surface area contributed by atoms with Crippen molar-refractivity contribution < 1.29 is 30.8 Å². The van der Waals surface area contributed by atoms with Gasteiger partial charge in [0.1, 0.15) is 0 Å². The maximum Gasteiger partial charge on any atom is 0.231 e. The number of halogens is 1. The molecule has 0 aromatic heterocycles. The van der Waals surface area contributed by atoms with Crippen LogP contribution in [0, 0.1) is 16.7 Å². The van der Waals surface area contributed by atoms with E-state index in [1.807, 2.05) is 0 Å². The van der Waals surface area contributed by atoms with E-state index < -0.39 is 0 Å². The number of rotatable bonds is 3. The minimum atomic E-state index is -0.0971. The number of isocyanates is 2. The fourth-order valence-electron chi connectivity index (χ4n) is 2.75. The molecule has 0 saturated heterocycles. The van der Waals surface area contributed by atoms with Gasteiger partial charge in [-0.3, -0.25) is 0 Å². The molecule has 0 saturated carbocycles. The van der Waals surface area contributed by atoms with Gasteiger partial charge in [-0.25, -0.2) is 20.4 Å². The van der Waals surface area contributed by atoms with Gasteiger partial charge < -0.3 is 0 Å². The summed E-state index contributed by atoms with van der Waals surface area (Å²) >= 11 is 0.0456. The third-order valence-corrected chi connectivity index (χ3v) is 6.93. The third-order valence-electron chi connectivity index (χ3n) is 3.93. The fourth-order valence-corrected chi connectivity index (χ4v) is 5.30. The van der Waals surface area contributed by atoms with Crippen molar-refractivity contribution in [2.45, 2.75) is 19.3 Å². The molecule has 0 spiro atoms. The second-order valence-electron chi connectivity index (χ2n) is 5.89. The Bertz CT molecular complexity index is 780. The smallest absolute Gasteiger partial charge is 0.222 e. The minimum Gasteiger partial charge on any atom is -0.222 e. The fraction of sp³-hybridized carbons (Fsp3) is 0.182. The molecule has 1 aliphatic heterocycles. The van der Waals surface area contributed by atoms with E-state index in [2.05, 4.69) is 90.7 Å². The van der Waals surface area contributed by atoms with Gasteiger partial charge in [0.05, 0.1) is 0 Å². The molecule has 0 fully saturated rings. The Morgan fingerprint density at radius 3 is 1.63 bits per heavy atom. The van der Waals surface area contributed by atoms with Crippen molar-refractivity contribution in [3.8, 4) is 0 Å². The van der Waals surface area contributed by atoms with Crippen LogP contribution in [0.3, 0.4) is 0 Å². The second-order valence-corrected chi connectivity index (χ2v) is 8.48. The summed E-state index contributed by atoms with van der Waals surface area (Å²) < 4.78 is 4.07. The van der Waals surface area contributed by atoms with Gasteiger partial charge in [0.2, 0.25) is 12.2 Å². The molecular weight excluding hydrogens is 451 g/mol. The summed E-state index contributed by atoms with van der Waals surface area (Å²) in [6, 6.07) is 21.7. The van der Waals surface area contributed by atoms with Gasteiger partial charge in [-0.15, -0.1) is 0 Å². The molecule has 3 rings (SSSR count). The Labute approximate surface area is 170 Å². The van der Waals surface area contributed by atoms with Crippen LogP contribution in [-0.4, -0.2) is 12.2 Å². The van der Waals surface area contributed by atoms with E-state index in [0.29, 0.717) is 5.92 Å². The van der Waals surface area contributed by atoms with Crippen LogP contribution in [0.25, 0.3) is 0 Å². The predicted molar refractivity (Wildman–Crippen MR) is 103 cm³/mol. The van der Waals surface area contributed by atoms with Crippen LogP contribution in [-0.2, 0) is 15.0 Å². The van der Waals surface area contributed by atoms with Crippen molar-refractivity contribution in [1.29, 1.82) is 10.8 Å². The molecule has 2 aromatic carbocycles. The average molecular weight is 473 g/mol. The first kappa shape index (κ1) is 22.5. The minimum absolute atomic E-state index is 0.0456. The molecule has 140 valence electrons. The van der Waals surface area contributed by atoms with Crippen LogP contribution in [0.15, 0.2) is 80.5 Å². The Kier molecular flexibility index (Phi) is 9.91. The largest absolute Gasteiger partial charge is 0.231 e. The SMILES string of the molecule is CC(C)C1=CC(c2ccccc2)(c2ccccc2)C=C[I-]1.N=C=O.N=C=O. The molecule has 4 nitrogen and oxygen atoms in total. The molecule has 0 bridgehead atoms. The number of hydrogen-bond acceptors (Lipinski definition) is 4. The molecule has 1 aliphatic rings. The monoisotopic (exact) mass is 473 g/mol. The van der Waals surface area contributed by atoms with Gasteiger partial charge in [-0.05, 0) is 0 Å². The second kappa shape index (κ2) is 11.9. The molecular formula is C22H22IN2O2-.